The number of amides is 2. The Morgan fingerprint density at radius 2 is 1.49 bits per heavy atom. The fourth-order valence-corrected chi connectivity index (χ4v) is 7.73. The average molecular weight is 684 g/mol. The number of aryl methyl sites for hydroxylation is 1. The molecule has 4 aromatic carbocycles. The van der Waals surface area contributed by atoms with Gasteiger partial charge in [0.05, 0.1) is 24.8 Å². The molecule has 9 nitrogen and oxygen atoms in total. The molecule has 0 unspecified atom stereocenters. The van der Waals surface area contributed by atoms with Crippen molar-refractivity contribution in [3.8, 4) is 11.5 Å². The van der Waals surface area contributed by atoms with Gasteiger partial charge >= 0.3 is 0 Å². The van der Waals surface area contributed by atoms with Crippen molar-refractivity contribution < 1.29 is 27.5 Å². The van der Waals surface area contributed by atoms with E-state index < -0.39 is 28.5 Å². The fourth-order valence-electron chi connectivity index (χ4n) is 6.29. The third-order valence-electron chi connectivity index (χ3n) is 8.92. The Kier molecular flexibility index (Phi) is 12.0. The van der Waals surface area contributed by atoms with Gasteiger partial charge in [0.2, 0.25) is 11.8 Å². The minimum atomic E-state index is -4.26. The van der Waals surface area contributed by atoms with Gasteiger partial charge < -0.3 is 19.7 Å². The number of hydrogen-bond donors (Lipinski definition) is 1. The molecule has 4 aromatic rings. The number of nitrogens with zero attached hydrogens (tertiary/aromatic N) is 2. The third-order valence-corrected chi connectivity index (χ3v) is 10.7. The Balaban J connectivity index is 1.60. The highest BCUT2D eigenvalue weighted by Gasteiger charge is 2.36. The third kappa shape index (κ3) is 9.00. The Labute approximate surface area is 289 Å². The number of carbonyl (C=O) groups excluding carboxylic acids is 2. The van der Waals surface area contributed by atoms with Crippen LogP contribution >= 0.6 is 0 Å². The predicted octanol–water partition coefficient (Wildman–Crippen LogP) is 6.30. The van der Waals surface area contributed by atoms with E-state index in [1.165, 1.54) is 24.1 Å². The average Bonchev–Trinajstić information content (AvgIpc) is 3.13. The van der Waals surface area contributed by atoms with Crippen molar-refractivity contribution >= 4 is 27.5 Å². The summed E-state index contributed by atoms with van der Waals surface area (Å²) < 4.78 is 40.9. The van der Waals surface area contributed by atoms with E-state index in [9.17, 15) is 18.0 Å². The second-order valence-corrected chi connectivity index (χ2v) is 14.3. The van der Waals surface area contributed by atoms with Crippen LogP contribution in [0.25, 0.3) is 0 Å². The number of nitrogens with one attached hydrogen (secondary N) is 1. The van der Waals surface area contributed by atoms with Crippen LogP contribution in [0.2, 0.25) is 0 Å². The number of methoxy groups -OCH3 is 2. The Morgan fingerprint density at radius 1 is 0.816 bits per heavy atom. The van der Waals surface area contributed by atoms with Crippen molar-refractivity contribution in [3.63, 3.8) is 0 Å². The smallest absolute Gasteiger partial charge is 0.264 e. The first-order valence-corrected chi connectivity index (χ1v) is 18.1. The van der Waals surface area contributed by atoms with E-state index in [0.29, 0.717) is 11.5 Å². The lowest BCUT2D eigenvalue weighted by Gasteiger charge is -2.35. The molecule has 258 valence electrons. The predicted molar refractivity (Wildman–Crippen MR) is 191 cm³/mol. The molecule has 1 N–H and O–H groups in total. The molecule has 49 heavy (non-hydrogen) atoms. The lowest BCUT2D eigenvalue weighted by Crippen LogP contribution is -2.55. The van der Waals surface area contributed by atoms with Crippen molar-refractivity contribution in [2.75, 3.05) is 25.1 Å². The van der Waals surface area contributed by atoms with Gasteiger partial charge in [-0.25, -0.2) is 8.42 Å². The Morgan fingerprint density at radius 3 is 2.16 bits per heavy atom. The van der Waals surface area contributed by atoms with E-state index in [2.05, 4.69) is 5.32 Å². The summed E-state index contributed by atoms with van der Waals surface area (Å²) in [6.45, 7) is 1.33. The second-order valence-electron chi connectivity index (χ2n) is 12.4. The first kappa shape index (κ1) is 35.5. The first-order chi connectivity index (χ1) is 23.7. The maximum Gasteiger partial charge on any atom is 0.264 e. The maximum atomic E-state index is 14.8. The van der Waals surface area contributed by atoms with Crippen LogP contribution in [-0.2, 0) is 32.6 Å². The normalized spacial score (nSPS) is 14.0. The first-order valence-electron chi connectivity index (χ1n) is 16.7. The van der Waals surface area contributed by atoms with Gasteiger partial charge in [0.15, 0.2) is 0 Å². The number of anilines is 1. The zero-order valence-electron chi connectivity index (χ0n) is 28.4. The summed E-state index contributed by atoms with van der Waals surface area (Å²) in [7, 11) is -1.23. The van der Waals surface area contributed by atoms with Crippen LogP contribution < -0.4 is 19.1 Å². The van der Waals surface area contributed by atoms with Crippen molar-refractivity contribution in [2.45, 2.75) is 69.0 Å². The highest BCUT2D eigenvalue weighted by Crippen LogP contribution is 2.34. The van der Waals surface area contributed by atoms with E-state index in [1.807, 2.05) is 67.6 Å². The Bertz CT molecular complexity index is 1810. The van der Waals surface area contributed by atoms with Gasteiger partial charge in [-0.2, -0.15) is 0 Å². The maximum absolute atomic E-state index is 14.8. The van der Waals surface area contributed by atoms with Crippen molar-refractivity contribution in [3.05, 3.63) is 120 Å². The van der Waals surface area contributed by atoms with Crippen LogP contribution in [0.4, 0.5) is 5.69 Å². The zero-order chi connectivity index (χ0) is 34.8. The fraction of sp³-hybridized carbons (Fsp3) is 0.333. The van der Waals surface area contributed by atoms with Crippen LogP contribution in [0, 0.1) is 6.92 Å². The van der Waals surface area contributed by atoms with Gasteiger partial charge in [0.25, 0.3) is 10.0 Å². The van der Waals surface area contributed by atoms with Crippen LogP contribution in [0.3, 0.4) is 0 Å². The van der Waals surface area contributed by atoms with Gasteiger partial charge in [0, 0.05) is 19.0 Å². The number of ether oxygens (including phenoxy) is 2. The lowest BCUT2D eigenvalue weighted by atomic mass is 9.94. The SMILES string of the molecule is COc1cccc(CN(C(=O)CN(c2cc(C)ccc2OC)S(=O)(=O)c2ccccc2)[C@@H](Cc2ccccc2)C(=O)NC2CCCCC2)c1. The molecular formula is C39H45N3O6S. The summed E-state index contributed by atoms with van der Waals surface area (Å²) in [5, 5.41) is 3.24. The van der Waals surface area contributed by atoms with Crippen molar-refractivity contribution in [1.82, 2.24) is 10.2 Å². The van der Waals surface area contributed by atoms with Gasteiger partial charge in [-0.1, -0.05) is 86.0 Å². The molecule has 1 saturated carbocycles. The van der Waals surface area contributed by atoms with E-state index >= 15 is 0 Å². The summed E-state index contributed by atoms with van der Waals surface area (Å²) in [4.78, 5) is 30.7. The summed E-state index contributed by atoms with van der Waals surface area (Å²) in [6, 6.07) is 29.2. The Hall–Kier alpha value is -4.83. The van der Waals surface area contributed by atoms with Gasteiger partial charge in [-0.05, 0) is 72.9 Å². The van der Waals surface area contributed by atoms with Crippen LogP contribution in [0.1, 0.15) is 48.8 Å². The molecule has 0 heterocycles. The summed E-state index contributed by atoms with van der Waals surface area (Å²) in [5.41, 5.74) is 2.64. The highest BCUT2D eigenvalue weighted by molar-refractivity contribution is 7.92. The molecule has 10 heteroatoms. The van der Waals surface area contributed by atoms with Crippen LogP contribution in [0.15, 0.2) is 108 Å². The van der Waals surface area contributed by atoms with E-state index in [4.69, 9.17) is 9.47 Å². The number of rotatable bonds is 14. The summed E-state index contributed by atoms with van der Waals surface area (Å²) in [5.74, 6) is 0.102. The quantitative estimate of drug-likeness (QED) is 0.167. The molecule has 1 atom stereocenters. The summed E-state index contributed by atoms with van der Waals surface area (Å²) in [6.07, 6.45) is 5.20. The van der Waals surface area contributed by atoms with Crippen LogP contribution in [0.5, 0.6) is 11.5 Å². The number of hydrogen-bond acceptors (Lipinski definition) is 6. The monoisotopic (exact) mass is 683 g/mol. The topological polar surface area (TPSA) is 105 Å². The molecule has 1 fully saturated rings. The molecule has 2 amide bonds. The van der Waals surface area contributed by atoms with Crippen molar-refractivity contribution in [2.24, 2.45) is 0 Å². The number of sulfonamides is 1. The van der Waals surface area contributed by atoms with E-state index in [1.54, 1.807) is 37.4 Å². The number of carbonyl (C=O) groups is 2. The molecule has 0 saturated heterocycles. The molecule has 0 spiro atoms. The molecule has 1 aliphatic carbocycles. The molecule has 0 aromatic heterocycles. The molecular weight excluding hydrogens is 639 g/mol. The minimum Gasteiger partial charge on any atom is -0.497 e. The minimum absolute atomic E-state index is 0.0137. The number of benzene rings is 4. The molecule has 0 aliphatic heterocycles. The standard InChI is InChI=1S/C39H45N3O6S/c1-29-22-23-37(48-3)35(24-29)42(49(45,46)34-20-11-6-12-21-34)28-38(43)41(27-31-16-13-19-33(25-31)47-2)36(26-30-14-7-4-8-15-30)39(44)40-32-17-9-5-10-18-32/h4,6-8,11-16,19-25,32,36H,5,9-10,17-18,26-28H2,1-3H3,(H,40,44)/t36-/m0/s1. The van der Waals surface area contributed by atoms with Gasteiger partial charge in [-0.3, -0.25) is 13.9 Å². The van der Waals surface area contributed by atoms with Crippen LogP contribution in [-0.4, -0.2) is 58.0 Å². The van der Waals surface area contributed by atoms with E-state index in [-0.39, 0.29) is 35.5 Å². The lowest BCUT2D eigenvalue weighted by molar-refractivity contribution is -0.140. The van der Waals surface area contributed by atoms with E-state index in [0.717, 1.165) is 53.1 Å². The molecule has 0 radical (unpaired) electrons. The zero-order valence-corrected chi connectivity index (χ0v) is 29.2. The van der Waals surface area contributed by atoms with Crippen molar-refractivity contribution in [1.29, 1.82) is 0 Å². The molecule has 5 rings (SSSR count). The van der Waals surface area contributed by atoms with Gasteiger partial charge in [-0.15, -0.1) is 0 Å². The largest absolute Gasteiger partial charge is 0.497 e. The summed E-state index contributed by atoms with van der Waals surface area (Å²) >= 11 is 0. The van der Waals surface area contributed by atoms with Gasteiger partial charge in [0.1, 0.15) is 24.1 Å². The molecule has 1 aliphatic rings. The highest BCUT2D eigenvalue weighted by atomic mass is 32.2. The molecule has 0 bridgehead atoms. The second kappa shape index (κ2) is 16.5.